The average molecular weight is 283 g/mol. The molecular formula is C15H29N3O2. The molecule has 20 heavy (non-hydrogen) atoms. The fourth-order valence-corrected chi connectivity index (χ4v) is 4.06. The zero-order valence-electron chi connectivity index (χ0n) is 13.2. The average Bonchev–Trinajstić information content (AvgIpc) is 2.94. The predicted molar refractivity (Wildman–Crippen MR) is 79.9 cm³/mol. The van der Waals surface area contributed by atoms with Crippen molar-refractivity contribution in [1.29, 1.82) is 0 Å². The number of likely N-dealkylation sites (N-methyl/N-ethyl adjacent to an activating group) is 2. The number of rotatable bonds is 5. The van der Waals surface area contributed by atoms with Crippen LogP contribution in [0.4, 0.5) is 0 Å². The van der Waals surface area contributed by atoms with E-state index in [-0.39, 0.29) is 0 Å². The lowest BCUT2D eigenvalue weighted by Crippen LogP contribution is -2.51. The Bertz CT molecular complexity index is 361. The molecule has 2 fully saturated rings. The number of carboxylic acids is 1. The molecule has 2 aliphatic rings. The number of hydrogen-bond acceptors (Lipinski definition) is 4. The summed E-state index contributed by atoms with van der Waals surface area (Å²) in [7, 11) is 4.28. The molecular weight excluding hydrogens is 254 g/mol. The summed E-state index contributed by atoms with van der Waals surface area (Å²) >= 11 is 0. The Morgan fingerprint density at radius 3 is 2.65 bits per heavy atom. The molecule has 4 atom stereocenters. The number of nitrogens with zero attached hydrogens (tertiary/aromatic N) is 2. The lowest BCUT2D eigenvalue weighted by Gasteiger charge is -2.29. The largest absolute Gasteiger partial charge is 0.480 e. The van der Waals surface area contributed by atoms with E-state index in [0.29, 0.717) is 18.0 Å². The SMILES string of the molecule is CCNC1(C(=O)O)CCC(N2CC(C)C(N(C)C)C2)C1. The van der Waals surface area contributed by atoms with Gasteiger partial charge in [-0.15, -0.1) is 0 Å². The molecule has 2 rings (SSSR count). The van der Waals surface area contributed by atoms with Crippen molar-refractivity contribution in [3.63, 3.8) is 0 Å². The third kappa shape index (κ3) is 2.85. The molecule has 1 heterocycles. The molecule has 0 aromatic rings. The van der Waals surface area contributed by atoms with Crippen LogP contribution in [-0.4, -0.2) is 72.2 Å². The highest BCUT2D eigenvalue weighted by Crippen LogP contribution is 2.36. The van der Waals surface area contributed by atoms with E-state index in [1.165, 1.54) is 0 Å². The van der Waals surface area contributed by atoms with Crippen molar-refractivity contribution in [3.05, 3.63) is 0 Å². The third-order valence-electron chi connectivity index (χ3n) is 5.19. The summed E-state index contributed by atoms with van der Waals surface area (Å²) in [5, 5.41) is 12.8. The summed E-state index contributed by atoms with van der Waals surface area (Å²) in [4.78, 5) is 16.4. The highest BCUT2D eigenvalue weighted by Gasteiger charge is 2.48. The molecule has 4 unspecified atom stereocenters. The van der Waals surface area contributed by atoms with E-state index in [4.69, 9.17) is 0 Å². The van der Waals surface area contributed by atoms with Gasteiger partial charge >= 0.3 is 5.97 Å². The van der Waals surface area contributed by atoms with E-state index in [1.807, 2.05) is 6.92 Å². The number of likely N-dealkylation sites (tertiary alicyclic amines) is 1. The topological polar surface area (TPSA) is 55.8 Å². The normalized spacial score (nSPS) is 38.8. The smallest absolute Gasteiger partial charge is 0.323 e. The zero-order valence-corrected chi connectivity index (χ0v) is 13.2. The Labute approximate surface area is 122 Å². The van der Waals surface area contributed by atoms with Gasteiger partial charge in [-0.05, 0) is 45.8 Å². The Morgan fingerprint density at radius 2 is 2.15 bits per heavy atom. The molecule has 1 aliphatic carbocycles. The maximum atomic E-state index is 11.6. The monoisotopic (exact) mass is 283 g/mol. The Morgan fingerprint density at radius 1 is 1.45 bits per heavy atom. The Kier molecular flexibility index (Phi) is 4.72. The molecule has 5 nitrogen and oxygen atoms in total. The van der Waals surface area contributed by atoms with Gasteiger partial charge in [0.1, 0.15) is 5.54 Å². The van der Waals surface area contributed by atoms with Crippen LogP contribution >= 0.6 is 0 Å². The molecule has 1 aliphatic heterocycles. The second-order valence-corrected chi connectivity index (χ2v) is 6.78. The van der Waals surface area contributed by atoms with Gasteiger partial charge in [0.25, 0.3) is 0 Å². The standard InChI is InChI=1S/C15H29N3O2/c1-5-16-15(14(19)20)7-6-12(8-15)18-9-11(2)13(10-18)17(3)4/h11-13,16H,5-10H2,1-4H3,(H,19,20). The van der Waals surface area contributed by atoms with Crippen molar-refractivity contribution < 1.29 is 9.90 Å². The quantitative estimate of drug-likeness (QED) is 0.783. The molecule has 5 heteroatoms. The number of hydrogen-bond donors (Lipinski definition) is 2. The first kappa shape index (κ1) is 15.7. The minimum atomic E-state index is -0.696. The number of carbonyl (C=O) groups is 1. The molecule has 0 bridgehead atoms. The maximum absolute atomic E-state index is 11.6. The van der Waals surface area contributed by atoms with Crippen LogP contribution in [0.1, 0.15) is 33.1 Å². The molecule has 0 spiro atoms. The lowest BCUT2D eigenvalue weighted by molar-refractivity contribution is -0.144. The van der Waals surface area contributed by atoms with Crippen molar-refractivity contribution in [3.8, 4) is 0 Å². The highest BCUT2D eigenvalue weighted by atomic mass is 16.4. The van der Waals surface area contributed by atoms with Gasteiger partial charge in [0.15, 0.2) is 0 Å². The first-order valence-electron chi connectivity index (χ1n) is 7.78. The van der Waals surface area contributed by atoms with Crippen molar-refractivity contribution in [2.75, 3.05) is 33.7 Å². The summed E-state index contributed by atoms with van der Waals surface area (Å²) in [6.45, 7) is 7.16. The van der Waals surface area contributed by atoms with E-state index in [1.54, 1.807) is 0 Å². The van der Waals surface area contributed by atoms with E-state index in [9.17, 15) is 9.90 Å². The molecule has 0 aromatic heterocycles. The van der Waals surface area contributed by atoms with Crippen LogP contribution in [0, 0.1) is 5.92 Å². The predicted octanol–water partition coefficient (Wildman–Crippen LogP) is 0.854. The fraction of sp³-hybridized carbons (Fsp3) is 0.933. The number of aliphatic carboxylic acids is 1. The van der Waals surface area contributed by atoms with Crippen LogP contribution in [0.5, 0.6) is 0 Å². The van der Waals surface area contributed by atoms with Crippen LogP contribution < -0.4 is 5.32 Å². The Balaban J connectivity index is 2.01. The lowest BCUT2D eigenvalue weighted by atomic mass is 9.97. The first-order chi connectivity index (χ1) is 9.39. The van der Waals surface area contributed by atoms with Gasteiger partial charge in [-0.2, -0.15) is 0 Å². The summed E-state index contributed by atoms with van der Waals surface area (Å²) in [6.07, 6.45) is 2.48. The van der Waals surface area contributed by atoms with Gasteiger partial charge in [0, 0.05) is 25.2 Å². The van der Waals surface area contributed by atoms with E-state index in [2.05, 4.69) is 36.1 Å². The summed E-state index contributed by atoms with van der Waals surface area (Å²) in [6, 6.07) is 1.01. The van der Waals surface area contributed by atoms with Crippen molar-refractivity contribution >= 4 is 5.97 Å². The van der Waals surface area contributed by atoms with Gasteiger partial charge in [-0.1, -0.05) is 13.8 Å². The van der Waals surface area contributed by atoms with Crippen molar-refractivity contribution in [2.24, 2.45) is 5.92 Å². The Hall–Kier alpha value is -0.650. The number of carboxylic acid groups (broad SMARTS) is 1. The molecule has 2 N–H and O–H groups in total. The van der Waals surface area contributed by atoms with Gasteiger partial charge in [-0.3, -0.25) is 9.69 Å². The maximum Gasteiger partial charge on any atom is 0.323 e. The van der Waals surface area contributed by atoms with Gasteiger partial charge < -0.3 is 15.3 Å². The summed E-state index contributed by atoms with van der Waals surface area (Å²) in [5.74, 6) is -0.0257. The molecule has 0 amide bonds. The minimum Gasteiger partial charge on any atom is -0.480 e. The number of nitrogens with one attached hydrogen (secondary N) is 1. The van der Waals surface area contributed by atoms with Crippen LogP contribution in [0.15, 0.2) is 0 Å². The van der Waals surface area contributed by atoms with Crippen LogP contribution in [0.25, 0.3) is 0 Å². The minimum absolute atomic E-state index is 0.414. The molecule has 1 saturated carbocycles. The van der Waals surface area contributed by atoms with Crippen LogP contribution in [0.3, 0.4) is 0 Å². The van der Waals surface area contributed by atoms with E-state index < -0.39 is 11.5 Å². The molecule has 1 saturated heterocycles. The third-order valence-corrected chi connectivity index (χ3v) is 5.19. The highest BCUT2D eigenvalue weighted by molar-refractivity contribution is 5.79. The fourth-order valence-electron chi connectivity index (χ4n) is 4.06. The van der Waals surface area contributed by atoms with Gasteiger partial charge in [-0.25, -0.2) is 0 Å². The van der Waals surface area contributed by atoms with Crippen molar-refractivity contribution in [2.45, 2.75) is 50.7 Å². The summed E-state index contributed by atoms with van der Waals surface area (Å²) in [5.41, 5.74) is -0.696. The van der Waals surface area contributed by atoms with E-state index >= 15 is 0 Å². The van der Waals surface area contributed by atoms with Crippen molar-refractivity contribution in [1.82, 2.24) is 15.1 Å². The molecule has 0 radical (unpaired) electrons. The summed E-state index contributed by atoms with van der Waals surface area (Å²) < 4.78 is 0. The van der Waals surface area contributed by atoms with Crippen LogP contribution in [0.2, 0.25) is 0 Å². The first-order valence-corrected chi connectivity index (χ1v) is 7.78. The van der Waals surface area contributed by atoms with Gasteiger partial charge in [0.2, 0.25) is 0 Å². The second kappa shape index (κ2) is 6.00. The zero-order chi connectivity index (χ0) is 14.9. The van der Waals surface area contributed by atoms with Crippen LogP contribution in [-0.2, 0) is 4.79 Å². The molecule has 116 valence electrons. The molecule has 0 aromatic carbocycles. The second-order valence-electron chi connectivity index (χ2n) is 6.78. The van der Waals surface area contributed by atoms with E-state index in [0.717, 1.165) is 38.9 Å². The van der Waals surface area contributed by atoms with Gasteiger partial charge in [0.05, 0.1) is 0 Å².